The molecule has 4 heterocycles. The van der Waals surface area contributed by atoms with E-state index in [-0.39, 0.29) is 5.56 Å². The zero-order valence-electron chi connectivity index (χ0n) is 14.1. The van der Waals surface area contributed by atoms with Gasteiger partial charge in [-0.15, -0.1) is 0 Å². The Morgan fingerprint density at radius 3 is 2.50 bits per heavy atom. The predicted octanol–water partition coefficient (Wildman–Crippen LogP) is 0.447. The first-order valence-corrected chi connectivity index (χ1v) is 8.36. The molecule has 24 heavy (non-hydrogen) atoms. The van der Waals surface area contributed by atoms with Gasteiger partial charge in [0.25, 0.3) is 5.56 Å². The van der Waals surface area contributed by atoms with Crippen molar-refractivity contribution in [2.45, 2.75) is 13.5 Å². The Morgan fingerprint density at radius 2 is 1.83 bits per heavy atom. The normalized spacial score (nSPS) is 23.7. The van der Waals surface area contributed by atoms with Crippen LogP contribution in [0.1, 0.15) is 11.4 Å². The molecular formula is C17H22N6O. The average molecular weight is 326 g/mol. The minimum atomic E-state index is 0.00435. The summed E-state index contributed by atoms with van der Waals surface area (Å²) >= 11 is 0. The number of likely N-dealkylation sites (tertiary alicyclic amines) is 1. The number of hydrogen-bond donors (Lipinski definition) is 0. The van der Waals surface area contributed by atoms with Gasteiger partial charge in [0.05, 0.1) is 12.0 Å². The second kappa shape index (κ2) is 5.98. The van der Waals surface area contributed by atoms with E-state index < -0.39 is 0 Å². The van der Waals surface area contributed by atoms with Crippen LogP contribution in [0.3, 0.4) is 0 Å². The Kier molecular flexibility index (Phi) is 3.80. The molecule has 2 aromatic rings. The molecule has 2 atom stereocenters. The topological polar surface area (TPSA) is 67.2 Å². The summed E-state index contributed by atoms with van der Waals surface area (Å²) < 4.78 is 1.50. The minimum Gasteiger partial charge on any atom is -0.356 e. The van der Waals surface area contributed by atoms with Gasteiger partial charge in [-0.3, -0.25) is 9.69 Å². The number of aromatic nitrogens is 4. The molecule has 126 valence electrons. The van der Waals surface area contributed by atoms with Gasteiger partial charge in [0.2, 0.25) is 0 Å². The van der Waals surface area contributed by atoms with Crippen LogP contribution in [-0.2, 0) is 13.6 Å². The summed E-state index contributed by atoms with van der Waals surface area (Å²) in [6.45, 7) is 6.96. The zero-order valence-corrected chi connectivity index (χ0v) is 14.1. The van der Waals surface area contributed by atoms with Gasteiger partial charge in [0.15, 0.2) is 0 Å². The Balaban J connectivity index is 1.39. The largest absolute Gasteiger partial charge is 0.356 e. The number of hydrogen-bond acceptors (Lipinski definition) is 6. The van der Waals surface area contributed by atoms with Crippen molar-refractivity contribution in [3.8, 4) is 0 Å². The maximum atomic E-state index is 11.7. The number of fused-ring (bicyclic) bond motifs is 1. The van der Waals surface area contributed by atoms with Gasteiger partial charge in [-0.25, -0.2) is 15.0 Å². The highest BCUT2D eigenvalue weighted by molar-refractivity contribution is 5.40. The summed E-state index contributed by atoms with van der Waals surface area (Å²) in [5, 5.41) is 0. The highest BCUT2D eigenvalue weighted by Gasteiger charge is 2.40. The van der Waals surface area contributed by atoms with Crippen molar-refractivity contribution >= 4 is 5.82 Å². The van der Waals surface area contributed by atoms with E-state index in [2.05, 4.69) is 30.8 Å². The van der Waals surface area contributed by atoms with Crippen molar-refractivity contribution in [2.75, 3.05) is 31.1 Å². The van der Waals surface area contributed by atoms with E-state index in [4.69, 9.17) is 0 Å². The Morgan fingerprint density at radius 1 is 1.08 bits per heavy atom. The lowest BCUT2D eigenvalue weighted by Gasteiger charge is -2.22. The first kappa shape index (κ1) is 15.3. The van der Waals surface area contributed by atoms with E-state index in [1.54, 1.807) is 25.8 Å². The molecule has 2 saturated heterocycles. The molecule has 0 radical (unpaired) electrons. The molecule has 0 amide bonds. The molecule has 2 aromatic heterocycles. The molecule has 2 unspecified atom stereocenters. The van der Waals surface area contributed by atoms with Crippen molar-refractivity contribution in [1.29, 1.82) is 0 Å². The summed E-state index contributed by atoms with van der Waals surface area (Å²) in [5.41, 5.74) is 1.88. The summed E-state index contributed by atoms with van der Waals surface area (Å²) in [6.07, 6.45) is 3.25. The number of rotatable bonds is 3. The molecule has 2 fully saturated rings. The second-order valence-electron chi connectivity index (χ2n) is 6.97. The van der Waals surface area contributed by atoms with E-state index >= 15 is 0 Å². The van der Waals surface area contributed by atoms with E-state index in [0.29, 0.717) is 11.8 Å². The maximum Gasteiger partial charge on any atom is 0.253 e. The van der Waals surface area contributed by atoms with Crippen LogP contribution in [0.15, 0.2) is 29.6 Å². The summed E-state index contributed by atoms with van der Waals surface area (Å²) in [6, 6.07) is 3.70. The van der Waals surface area contributed by atoms with E-state index in [0.717, 1.165) is 49.9 Å². The van der Waals surface area contributed by atoms with Crippen molar-refractivity contribution in [3.05, 3.63) is 46.5 Å². The Labute approximate surface area is 141 Å². The molecule has 0 spiro atoms. The van der Waals surface area contributed by atoms with Crippen LogP contribution in [0.25, 0.3) is 0 Å². The van der Waals surface area contributed by atoms with E-state index in [9.17, 15) is 4.79 Å². The van der Waals surface area contributed by atoms with Crippen LogP contribution in [-0.4, -0.2) is 50.6 Å². The lowest BCUT2D eigenvalue weighted by atomic mass is 10.0. The molecular weight excluding hydrogens is 304 g/mol. The summed E-state index contributed by atoms with van der Waals surface area (Å²) in [4.78, 5) is 29.5. The molecule has 7 heteroatoms. The van der Waals surface area contributed by atoms with Gasteiger partial charge in [-0.1, -0.05) is 0 Å². The SMILES string of the molecule is Cc1cc(N2CC3CN(Cc4cc(=O)n(C)cn4)CC3C2)ncn1. The van der Waals surface area contributed by atoms with Crippen LogP contribution in [0.4, 0.5) is 5.82 Å². The van der Waals surface area contributed by atoms with Gasteiger partial charge < -0.3 is 9.47 Å². The number of anilines is 1. The minimum absolute atomic E-state index is 0.00435. The fourth-order valence-electron chi connectivity index (χ4n) is 3.83. The van der Waals surface area contributed by atoms with Crippen LogP contribution >= 0.6 is 0 Å². The second-order valence-corrected chi connectivity index (χ2v) is 6.97. The first-order valence-electron chi connectivity index (χ1n) is 8.36. The smallest absolute Gasteiger partial charge is 0.253 e. The van der Waals surface area contributed by atoms with Crippen molar-refractivity contribution in [1.82, 2.24) is 24.4 Å². The average Bonchev–Trinajstić information content (AvgIpc) is 3.09. The molecule has 0 aliphatic carbocycles. The Hall–Kier alpha value is -2.28. The third-order valence-electron chi connectivity index (χ3n) is 5.10. The van der Waals surface area contributed by atoms with Gasteiger partial charge in [-0.2, -0.15) is 0 Å². The van der Waals surface area contributed by atoms with Crippen molar-refractivity contribution in [3.63, 3.8) is 0 Å². The molecule has 0 N–H and O–H groups in total. The third-order valence-corrected chi connectivity index (χ3v) is 5.10. The summed E-state index contributed by atoms with van der Waals surface area (Å²) in [7, 11) is 1.72. The lowest BCUT2D eigenvalue weighted by molar-refractivity contribution is 0.304. The maximum absolute atomic E-state index is 11.7. The first-order chi connectivity index (χ1) is 11.6. The van der Waals surface area contributed by atoms with Crippen LogP contribution < -0.4 is 10.5 Å². The molecule has 2 aliphatic heterocycles. The van der Waals surface area contributed by atoms with Gasteiger partial charge >= 0.3 is 0 Å². The molecule has 0 bridgehead atoms. The highest BCUT2D eigenvalue weighted by Crippen LogP contribution is 2.33. The van der Waals surface area contributed by atoms with Gasteiger partial charge in [-0.05, 0) is 18.8 Å². The molecule has 2 aliphatic rings. The highest BCUT2D eigenvalue weighted by atomic mass is 16.1. The van der Waals surface area contributed by atoms with E-state index in [1.165, 1.54) is 4.57 Å². The lowest BCUT2D eigenvalue weighted by Crippen LogP contribution is -2.30. The van der Waals surface area contributed by atoms with Crippen LogP contribution in [0.5, 0.6) is 0 Å². The Bertz CT molecular complexity index is 790. The quantitative estimate of drug-likeness (QED) is 0.816. The van der Waals surface area contributed by atoms with Crippen LogP contribution in [0, 0.1) is 18.8 Å². The van der Waals surface area contributed by atoms with E-state index in [1.807, 2.05) is 6.92 Å². The molecule has 0 aromatic carbocycles. The van der Waals surface area contributed by atoms with Crippen LogP contribution in [0.2, 0.25) is 0 Å². The van der Waals surface area contributed by atoms with Gasteiger partial charge in [0.1, 0.15) is 12.1 Å². The van der Waals surface area contributed by atoms with Crippen molar-refractivity contribution in [2.24, 2.45) is 18.9 Å². The predicted molar refractivity (Wildman–Crippen MR) is 90.7 cm³/mol. The molecule has 0 saturated carbocycles. The monoisotopic (exact) mass is 326 g/mol. The van der Waals surface area contributed by atoms with Crippen molar-refractivity contribution < 1.29 is 0 Å². The zero-order chi connectivity index (χ0) is 16.7. The molecule has 7 nitrogen and oxygen atoms in total. The standard InChI is InChI=1S/C17H22N6O/c1-12-3-16(19-10-18-12)23-7-13-5-22(6-14(13)8-23)9-15-4-17(24)21(2)11-20-15/h3-4,10-11,13-14H,5-9H2,1-2H3. The third kappa shape index (κ3) is 2.91. The number of aryl methyl sites for hydroxylation is 2. The number of nitrogens with zero attached hydrogens (tertiary/aromatic N) is 6. The fraction of sp³-hybridized carbons (Fsp3) is 0.529. The van der Waals surface area contributed by atoms with Gasteiger partial charge in [0, 0.05) is 57.6 Å². The molecule has 4 rings (SSSR count). The fourth-order valence-corrected chi connectivity index (χ4v) is 3.83. The summed E-state index contributed by atoms with van der Waals surface area (Å²) in [5.74, 6) is 2.36.